The first-order chi connectivity index (χ1) is 9.29. The van der Waals surface area contributed by atoms with Crippen molar-refractivity contribution in [3.8, 4) is 5.69 Å². The number of benzene rings is 1. The van der Waals surface area contributed by atoms with Crippen LogP contribution in [0.5, 0.6) is 0 Å². The average molecular weight is 255 g/mol. The van der Waals surface area contributed by atoms with Crippen LogP contribution in [0, 0.1) is 0 Å². The molecule has 1 aliphatic rings. The number of Topliss-reactive ketones (excluding diaryl/α,β-unsaturated/α-hetero) is 1. The quantitative estimate of drug-likeness (QED) is 0.843. The lowest BCUT2D eigenvalue weighted by molar-refractivity contribution is 0.0972. The third-order valence-electron chi connectivity index (χ3n) is 3.64. The summed E-state index contributed by atoms with van der Waals surface area (Å²) in [4.78, 5) is 11.8. The second kappa shape index (κ2) is 5.02. The van der Waals surface area contributed by atoms with Crippen LogP contribution in [-0.2, 0) is 17.8 Å². The lowest BCUT2D eigenvalue weighted by atomic mass is 9.97. The van der Waals surface area contributed by atoms with Crippen molar-refractivity contribution in [2.24, 2.45) is 0 Å². The van der Waals surface area contributed by atoms with Crippen LogP contribution < -0.4 is 0 Å². The predicted molar refractivity (Wildman–Crippen MR) is 73.8 cm³/mol. The molecule has 0 aliphatic heterocycles. The zero-order valence-electron chi connectivity index (χ0n) is 11.1. The Hall–Kier alpha value is -1.87. The van der Waals surface area contributed by atoms with E-state index in [2.05, 4.69) is 28.8 Å². The summed E-state index contributed by atoms with van der Waals surface area (Å²) in [5.41, 5.74) is 4.31. The SMILES string of the molecule is COCc1ccc(-n2ccc3c2CCCC3=O)cc1. The van der Waals surface area contributed by atoms with Gasteiger partial charge in [-0.15, -0.1) is 0 Å². The summed E-state index contributed by atoms with van der Waals surface area (Å²) in [6.07, 6.45) is 4.62. The van der Waals surface area contributed by atoms with Crippen LogP contribution in [0.3, 0.4) is 0 Å². The first-order valence-electron chi connectivity index (χ1n) is 6.61. The highest BCUT2D eigenvalue weighted by atomic mass is 16.5. The summed E-state index contributed by atoms with van der Waals surface area (Å²) in [7, 11) is 1.70. The Bertz CT molecular complexity index is 596. The van der Waals surface area contributed by atoms with Crippen LogP contribution in [-0.4, -0.2) is 17.5 Å². The molecule has 0 bridgehead atoms. The van der Waals surface area contributed by atoms with Gasteiger partial charge in [0.2, 0.25) is 0 Å². The maximum Gasteiger partial charge on any atom is 0.164 e. The molecule has 3 nitrogen and oxygen atoms in total. The van der Waals surface area contributed by atoms with Gasteiger partial charge < -0.3 is 9.30 Å². The number of carbonyl (C=O) groups excluding carboxylic acids is 1. The van der Waals surface area contributed by atoms with Gasteiger partial charge in [-0.25, -0.2) is 0 Å². The molecule has 1 aromatic carbocycles. The van der Waals surface area contributed by atoms with Gasteiger partial charge in [-0.3, -0.25) is 4.79 Å². The van der Waals surface area contributed by atoms with E-state index in [1.54, 1.807) is 7.11 Å². The fourth-order valence-corrected chi connectivity index (χ4v) is 2.69. The topological polar surface area (TPSA) is 31.2 Å². The fraction of sp³-hybridized carbons (Fsp3) is 0.312. The van der Waals surface area contributed by atoms with Crippen molar-refractivity contribution in [3.63, 3.8) is 0 Å². The van der Waals surface area contributed by atoms with Crippen molar-refractivity contribution < 1.29 is 9.53 Å². The van der Waals surface area contributed by atoms with Gasteiger partial charge in [0, 0.05) is 36.7 Å². The van der Waals surface area contributed by atoms with Gasteiger partial charge in [-0.05, 0) is 36.6 Å². The first kappa shape index (κ1) is 12.2. The molecule has 0 fully saturated rings. The molecular formula is C16H17NO2. The Morgan fingerprint density at radius 2 is 1.95 bits per heavy atom. The lowest BCUT2D eigenvalue weighted by Gasteiger charge is -2.15. The van der Waals surface area contributed by atoms with E-state index in [-0.39, 0.29) is 5.78 Å². The van der Waals surface area contributed by atoms with E-state index in [9.17, 15) is 4.79 Å². The number of ether oxygens (including phenoxy) is 1. The second-order valence-electron chi connectivity index (χ2n) is 4.92. The molecule has 98 valence electrons. The maximum atomic E-state index is 11.8. The van der Waals surface area contributed by atoms with Gasteiger partial charge >= 0.3 is 0 Å². The lowest BCUT2D eigenvalue weighted by Crippen LogP contribution is -2.12. The molecule has 0 atom stereocenters. The van der Waals surface area contributed by atoms with Crippen molar-refractivity contribution in [1.29, 1.82) is 0 Å². The number of hydrogen-bond donors (Lipinski definition) is 0. The number of methoxy groups -OCH3 is 1. The van der Waals surface area contributed by atoms with Gasteiger partial charge in [-0.1, -0.05) is 12.1 Å². The minimum absolute atomic E-state index is 0.274. The maximum absolute atomic E-state index is 11.8. The van der Waals surface area contributed by atoms with Crippen LogP contribution >= 0.6 is 0 Å². The van der Waals surface area contributed by atoms with E-state index in [1.165, 1.54) is 0 Å². The Morgan fingerprint density at radius 3 is 2.68 bits per heavy atom. The number of fused-ring (bicyclic) bond motifs is 1. The third kappa shape index (κ3) is 2.22. The van der Waals surface area contributed by atoms with Crippen molar-refractivity contribution in [3.05, 3.63) is 53.3 Å². The molecule has 0 spiro atoms. The van der Waals surface area contributed by atoms with Crippen LogP contribution in [0.4, 0.5) is 0 Å². The molecule has 19 heavy (non-hydrogen) atoms. The largest absolute Gasteiger partial charge is 0.380 e. The summed E-state index contributed by atoms with van der Waals surface area (Å²) in [5, 5.41) is 0. The zero-order valence-corrected chi connectivity index (χ0v) is 11.1. The zero-order chi connectivity index (χ0) is 13.2. The summed E-state index contributed by atoms with van der Waals surface area (Å²) < 4.78 is 7.24. The van der Waals surface area contributed by atoms with Crippen molar-refractivity contribution >= 4 is 5.78 Å². The monoisotopic (exact) mass is 255 g/mol. The van der Waals surface area contributed by atoms with E-state index in [0.717, 1.165) is 35.3 Å². The number of rotatable bonds is 3. The minimum atomic E-state index is 0.274. The molecule has 0 radical (unpaired) electrons. The summed E-state index contributed by atoms with van der Waals surface area (Å²) in [6, 6.07) is 10.2. The second-order valence-corrected chi connectivity index (χ2v) is 4.92. The normalized spacial score (nSPS) is 14.5. The Labute approximate surface area is 112 Å². The number of nitrogens with zero attached hydrogens (tertiary/aromatic N) is 1. The van der Waals surface area contributed by atoms with Crippen LogP contribution in [0.1, 0.15) is 34.5 Å². The molecule has 0 amide bonds. The Kier molecular flexibility index (Phi) is 3.22. The summed E-state index contributed by atoms with van der Waals surface area (Å²) >= 11 is 0. The number of carbonyl (C=O) groups is 1. The van der Waals surface area contributed by atoms with E-state index < -0.39 is 0 Å². The average Bonchev–Trinajstić information content (AvgIpc) is 2.85. The minimum Gasteiger partial charge on any atom is -0.380 e. The van der Waals surface area contributed by atoms with Crippen LogP contribution in [0.15, 0.2) is 36.5 Å². The fourth-order valence-electron chi connectivity index (χ4n) is 2.69. The first-order valence-corrected chi connectivity index (χ1v) is 6.61. The van der Waals surface area contributed by atoms with Crippen molar-refractivity contribution in [2.45, 2.75) is 25.9 Å². The van der Waals surface area contributed by atoms with Crippen LogP contribution in [0.2, 0.25) is 0 Å². The van der Waals surface area contributed by atoms with Gasteiger partial charge in [0.05, 0.1) is 6.61 Å². The molecule has 1 aliphatic carbocycles. The van der Waals surface area contributed by atoms with Crippen LogP contribution in [0.25, 0.3) is 5.69 Å². The van der Waals surface area contributed by atoms with Gasteiger partial charge in [-0.2, -0.15) is 0 Å². The molecule has 0 N–H and O–H groups in total. The van der Waals surface area contributed by atoms with E-state index in [4.69, 9.17) is 4.74 Å². The Balaban J connectivity index is 1.96. The summed E-state index contributed by atoms with van der Waals surface area (Å²) in [6.45, 7) is 0.628. The highest BCUT2D eigenvalue weighted by Gasteiger charge is 2.20. The molecule has 3 heteroatoms. The standard InChI is InChI=1S/C16H17NO2/c1-19-11-12-5-7-13(8-6-12)17-10-9-14-15(17)3-2-4-16(14)18/h5-10H,2-4,11H2,1H3. The summed E-state index contributed by atoms with van der Waals surface area (Å²) in [5.74, 6) is 0.274. The number of hydrogen-bond acceptors (Lipinski definition) is 2. The molecule has 0 saturated heterocycles. The van der Waals surface area contributed by atoms with E-state index >= 15 is 0 Å². The molecule has 2 aromatic rings. The molecular weight excluding hydrogens is 238 g/mol. The Morgan fingerprint density at radius 1 is 1.16 bits per heavy atom. The van der Waals surface area contributed by atoms with Gasteiger partial charge in [0.15, 0.2) is 5.78 Å². The molecule has 1 heterocycles. The van der Waals surface area contributed by atoms with Gasteiger partial charge in [0.25, 0.3) is 0 Å². The van der Waals surface area contributed by atoms with E-state index in [1.807, 2.05) is 12.3 Å². The van der Waals surface area contributed by atoms with E-state index in [0.29, 0.717) is 13.0 Å². The molecule has 0 unspecified atom stereocenters. The predicted octanol–water partition coefficient (Wildman–Crippen LogP) is 3.14. The number of aromatic nitrogens is 1. The molecule has 0 saturated carbocycles. The van der Waals surface area contributed by atoms with Crippen molar-refractivity contribution in [1.82, 2.24) is 4.57 Å². The molecule has 3 rings (SSSR count). The third-order valence-corrected chi connectivity index (χ3v) is 3.64. The highest BCUT2D eigenvalue weighted by Crippen LogP contribution is 2.25. The molecule has 1 aromatic heterocycles. The van der Waals surface area contributed by atoms with Gasteiger partial charge in [0.1, 0.15) is 0 Å². The number of ketones is 1. The van der Waals surface area contributed by atoms with Crippen molar-refractivity contribution in [2.75, 3.05) is 7.11 Å². The highest BCUT2D eigenvalue weighted by molar-refractivity contribution is 5.98. The smallest absolute Gasteiger partial charge is 0.164 e.